The fourth-order valence-corrected chi connectivity index (χ4v) is 5.62. The standard InChI is InChI=1S/C16H34O6Si/c1-8-14(22-16(10-3)19-12-13(5)21-16)20-15(9-2)23(11-4,17-6)18-7/h13-15H,8-12H2,1-7H3. The molecule has 0 saturated carbocycles. The quantitative estimate of drug-likeness (QED) is 0.421. The van der Waals surface area contributed by atoms with Crippen molar-refractivity contribution in [2.75, 3.05) is 20.8 Å². The molecular formula is C16H34O6Si. The lowest BCUT2D eigenvalue weighted by atomic mass is 10.4. The largest absolute Gasteiger partial charge is 0.396 e. The first-order valence-electron chi connectivity index (χ1n) is 8.69. The first kappa shape index (κ1) is 21.0. The third-order valence-electron chi connectivity index (χ3n) is 4.36. The SMILES string of the molecule is CCC(OC(CC)[Si](CC)(OC)OC)OC1(CC)OCC(C)O1. The van der Waals surface area contributed by atoms with Crippen LogP contribution in [0.3, 0.4) is 0 Å². The monoisotopic (exact) mass is 350 g/mol. The van der Waals surface area contributed by atoms with Crippen molar-refractivity contribution < 1.29 is 27.8 Å². The Morgan fingerprint density at radius 1 is 1.13 bits per heavy atom. The molecular weight excluding hydrogens is 316 g/mol. The van der Waals surface area contributed by atoms with Crippen molar-refractivity contribution in [1.29, 1.82) is 0 Å². The summed E-state index contributed by atoms with van der Waals surface area (Å²) in [7, 11) is 0.986. The van der Waals surface area contributed by atoms with E-state index in [-0.39, 0.29) is 11.8 Å². The van der Waals surface area contributed by atoms with Crippen molar-refractivity contribution in [2.24, 2.45) is 0 Å². The number of hydrogen-bond acceptors (Lipinski definition) is 6. The Labute approximate surface area is 142 Å². The highest BCUT2D eigenvalue weighted by Gasteiger charge is 2.46. The first-order chi connectivity index (χ1) is 10.9. The number of ether oxygens (including phenoxy) is 4. The molecule has 4 unspecified atom stereocenters. The fraction of sp³-hybridized carbons (Fsp3) is 1.00. The maximum atomic E-state index is 6.24. The molecule has 0 radical (unpaired) electrons. The van der Waals surface area contributed by atoms with Gasteiger partial charge in [0, 0.05) is 20.6 Å². The van der Waals surface area contributed by atoms with Gasteiger partial charge in [0.15, 0.2) is 6.29 Å². The van der Waals surface area contributed by atoms with E-state index in [2.05, 4.69) is 13.8 Å². The topological polar surface area (TPSA) is 55.4 Å². The molecule has 6 nitrogen and oxygen atoms in total. The fourth-order valence-electron chi connectivity index (χ4n) is 2.91. The second kappa shape index (κ2) is 9.46. The summed E-state index contributed by atoms with van der Waals surface area (Å²) < 4.78 is 35.4. The van der Waals surface area contributed by atoms with Gasteiger partial charge in [-0.15, -0.1) is 0 Å². The third-order valence-corrected chi connectivity index (χ3v) is 8.25. The van der Waals surface area contributed by atoms with Gasteiger partial charge < -0.3 is 23.1 Å². The zero-order valence-electron chi connectivity index (χ0n) is 15.7. The highest BCUT2D eigenvalue weighted by molar-refractivity contribution is 6.68. The number of rotatable bonds is 11. The van der Waals surface area contributed by atoms with E-state index in [1.807, 2.05) is 20.8 Å². The van der Waals surface area contributed by atoms with Crippen molar-refractivity contribution in [3.63, 3.8) is 0 Å². The smallest absolute Gasteiger partial charge is 0.367 e. The minimum absolute atomic E-state index is 0.0245. The molecule has 0 aromatic heterocycles. The van der Waals surface area contributed by atoms with E-state index in [4.69, 9.17) is 27.8 Å². The van der Waals surface area contributed by atoms with Gasteiger partial charge in [-0.2, -0.15) is 0 Å². The molecule has 0 amide bonds. The van der Waals surface area contributed by atoms with Gasteiger partial charge in [0.2, 0.25) is 0 Å². The molecule has 0 aliphatic carbocycles. The van der Waals surface area contributed by atoms with Gasteiger partial charge in [-0.05, 0) is 25.8 Å². The van der Waals surface area contributed by atoms with Crippen LogP contribution in [0.2, 0.25) is 6.04 Å². The summed E-state index contributed by atoms with van der Waals surface area (Å²) in [5.74, 6) is -1.01. The Morgan fingerprint density at radius 2 is 1.78 bits per heavy atom. The molecule has 7 heteroatoms. The Hall–Kier alpha value is -0.0231. The predicted molar refractivity (Wildman–Crippen MR) is 90.1 cm³/mol. The third kappa shape index (κ3) is 4.98. The second-order valence-corrected chi connectivity index (χ2v) is 9.63. The summed E-state index contributed by atoms with van der Waals surface area (Å²) in [5, 5.41) is 0. The van der Waals surface area contributed by atoms with Crippen LogP contribution in [0.1, 0.15) is 53.9 Å². The molecule has 1 aliphatic heterocycles. The van der Waals surface area contributed by atoms with Crippen LogP contribution in [0.4, 0.5) is 0 Å². The molecule has 1 rings (SSSR count). The molecule has 0 bridgehead atoms. The normalized spacial score (nSPS) is 28.0. The van der Waals surface area contributed by atoms with Gasteiger partial charge in [-0.3, -0.25) is 4.74 Å². The Kier molecular flexibility index (Phi) is 8.64. The highest BCUT2D eigenvalue weighted by Crippen LogP contribution is 2.32. The molecule has 1 heterocycles. The van der Waals surface area contributed by atoms with Crippen molar-refractivity contribution in [3.05, 3.63) is 0 Å². The van der Waals surface area contributed by atoms with Crippen LogP contribution < -0.4 is 0 Å². The van der Waals surface area contributed by atoms with Crippen LogP contribution in [0.25, 0.3) is 0 Å². The van der Waals surface area contributed by atoms with E-state index in [0.717, 1.165) is 12.5 Å². The van der Waals surface area contributed by atoms with Gasteiger partial charge >= 0.3 is 8.56 Å². The van der Waals surface area contributed by atoms with E-state index in [1.165, 1.54) is 0 Å². The van der Waals surface area contributed by atoms with E-state index >= 15 is 0 Å². The van der Waals surface area contributed by atoms with E-state index in [9.17, 15) is 0 Å². The van der Waals surface area contributed by atoms with Crippen LogP contribution in [0.15, 0.2) is 0 Å². The summed E-state index contributed by atoms with van der Waals surface area (Å²) >= 11 is 0. The zero-order chi connectivity index (χ0) is 17.5. The van der Waals surface area contributed by atoms with Crippen molar-refractivity contribution in [2.45, 2.75) is 84.0 Å². The summed E-state index contributed by atoms with van der Waals surface area (Å²) in [4.78, 5) is 0. The maximum Gasteiger partial charge on any atom is 0.367 e. The first-order valence-corrected chi connectivity index (χ1v) is 10.8. The molecule has 0 spiro atoms. The maximum absolute atomic E-state index is 6.24. The average molecular weight is 351 g/mol. The van der Waals surface area contributed by atoms with E-state index in [0.29, 0.717) is 19.4 Å². The summed E-state index contributed by atoms with van der Waals surface area (Å²) in [6, 6.07) is 0.817. The van der Waals surface area contributed by atoms with Crippen LogP contribution in [-0.4, -0.2) is 53.5 Å². The molecule has 1 fully saturated rings. The van der Waals surface area contributed by atoms with E-state index in [1.54, 1.807) is 14.2 Å². The summed E-state index contributed by atoms with van der Waals surface area (Å²) in [5.41, 5.74) is -0.111. The lowest BCUT2D eigenvalue weighted by molar-refractivity contribution is -0.388. The van der Waals surface area contributed by atoms with Gasteiger partial charge in [-0.1, -0.05) is 27.7 Å². The average Bonchev–Trinajstić information content (AvgIpc) is 2.96. The zero-order valence-corrected chi connectivity index (χ0v) is 16.7. The molecule has 0 aromatic rings. The highest BCUT2D eigenvalue weighted by atomic mass is 28.4. The van der Waals surface area contributed by atoms with Gasteiger partial charge in [0.05, 0.1) is 12.7 Å². The Balaban J connectivity index is 2.80. The molecule has 4 atom stereocenters. The molecule has 1 saturated heterocycles. The molecule has 0 N–H and O–H groups in total. The van der Waals surface area contributed by atoms with Crippen LogP contribution in [-0.2, 0) is 27.8 Å². The molecule has 0 aromatic carbocycles. The number of hydrogen-bond donors (Lipinski definition) is 0. The van der Waals surface area contributed by atoms with E-state index < -0.39 is 20.8 Å². The van der Waals surface area contributed by atoms with Gasteiger partial charge in [0.25, 0.3) is 5.97 Å². The van der Waals surface area contributed by atoms with Crippen LogP contribution in [0.5, 0.6) is 0 Å². The lowest BCUT2D eigenvalue weighted by Gasteiger charge is -2.37. The Morgan fingerprint density at radius 3 is 2.13 bits per heavy atom. The van der Waals surface area contributed by atoms with Crippen LogP contribution >= 0.6 is 0 Å². The van der Waals surface area contributed by atoms with Gasteiger partial charge in [0.1, 0.15) is 5.73 Å². The van der Waals surface area contributed by atoms with Crippen LogP contribution in [0, 0.1) is 0 Å². The molecule has 1 aliphatic rings. The van der Waals surface area contributed by atoms with Crippen molar-refractivity contribution >= 4 is 8.56 Å². The molecule has 23 heavy (non-hydrogen) atoms. The predicted octanol–water partition coefficient (Wildman–Crippen LogP) is 3.33. The lowest BCUT2D eigenvalue weighted by Crippen LogP contribution is -2.54. The minimum Gasteiger partial charge on any atom is -0.396 e. The summed E-state index contributed by atoms with van der Waals surface area (Å²) in [6.45, 7) is 10.7. The molecule has 138 valence electrons. The Bertz CT molecular complexity index is 330. The minimum atomic E-state index is -2.41. The van der Waals surface area contributed by atoms with Gasteiger partial charge in [-0.25, -0.2) is 0 Å². The second-order valence-electron chi connectivity index (χ2n) is 5.84. The van der Waals surface area contributed by atoms with Crippen molar-refractivity contribution in [1.82, 2.24) is 0 Å². The van der Waals surface area contributed by atoms with Crippen molar-refractivity contribution in [3.8, 4) is 0 Å². The summed E-state index contributed by atoms with van der Waals surface area (Å²) in [6.07, 6.45) is 1.71.